The first-order chi connectivity index (χ1) is 8.11. The van der Waals surface area contributed by atoms with Gasteiger partial charge < -0.3 is 10.5 Å². The van der Waals surface area contributed by atoms with E-state index in [4.69, 9.17) is 10.5 Å². The molecule has 1 aliphatic heterocycles. The number of fused-ring (bicyclic) bond motifs is 1. The van der Waals surface area contributed by atoms with E-state index < -0.39 is 0 Å². The van der Waals surface area contributed by atoms with Gasteiger partial charge in [0, 0.05) is 18.8 Å². The van der Waals surface area contributed by atoms with Crippen LogP contribution in [0.5, 0.6) is 0 Å². The molecule has 17 heavy (non-hydrogen) atoms. The van der Waals surface area contributed by atoms with E-state index in [1.165, 1.54) is 18.2 Å². The van der Waals surface area contributed by atoms with Crippen LogP contribution in [0, 0.1) is 0 Å². The van der Waals surface area contributed by atoms with E-state index in [-0.39, 0.29) is 12.0 Å². The molecule has 4 nitrogen and oxygen atoms in total. The number of methoxy groups -OCH3 is 1. The van der Waals surface area contributed by atoms with Gasteiger partial charge >= 0.3 is 5.97 Å². The standard InChI is InChI=1S/C13H18N2O2/c1-9(13(16)17-2)15-6-5-10-7-12(14)4-3-11(10)8-15/h3-4,7,9H,5-6,8,14H2,1-2H3. The van der Waals surface area contributed by atoms with Crippen LogP contribution >= 0.6 is 0 Å². The summed E-state index contributed by atoms with van der Waals surface area (Å²) < 4.78 is 4.77. The predicted octanol–water partition coefficient (Wildman–Crippen LogP) is 1.19. The van der Waals surface area contributed by atoms with Crippen molar-refractivity contribution >= 4 is 11.7 Å². The Balaban J connectivity index is 2.13. The van der Waals surface area contributed by atoms with Crippen LogP contribution in [0.2, 0.25) is 0 Å². The highest BCUT2D eigenvalue weighted by Gasteiger charge is 2.25. The minimum atomic E-state index is -0.189. The number of nitrogen functional groups attached to an aromatic ring is 1. The molecule has 1 atom stereocenters. The van der Waals surface area contributed by atoms with Crippen molar-refractivity contribution in [3.05, 3.63) is 29.3 Å². The zero-order chi connectivity index (χ0) is 12.4. The molecule has 92 valence electrons. The first kappa shape index (κ1) is 11.9. The Morgan fingerprint density at radius 3 is 2.94 bits per heavy atom. The van der Waals surface area contributed by atoms with Crippen molar-refractivity contribution in [2.75, 3.05) is 19.4 Å². The summed E-state index contributed by atoms with van der Waals surface area (Å²) in [6.07, 6.45) is 0.932. The number of hydrogen-bond donors (Lipinski definition) is 1. The summed E-state index contributed by atoms with van der Waals surface area (Å²) in [5.74, 6) is -0.177. The van der Waals surface area contributed by atoms with E-state index in [1.54, 1.807) is 0 Å². The van der Waals surface area contributed by atoms with Gasteiger partial charge in [-0.2, -0.15) is 0 Å². The maximum atomic E-state index is 11.5. The average Bonchev–Trinajstić information content (AvgIpc) is 2.36. The van der Waals surface area contributed by atoms with E-state index in [1.807, 2.05) is 25.1 Å². The molecule has 0 aromatic heterocycles. The van der Waals surface area contributed by atoms with Gasteiger partial charge in [0.05, 0.1) is 7.11 Å². The van der Waals surface area contributed by atoms with Crippen molar-refractivity contribution in [3.8, 4) is 0 Å². The molecule has 4 heteroatoms. The smallest absolute Gasteiger partial charge is 0.322 e. The number of carbonyl (C=O) groups is 1. The Hall–Kier alpha value is -1.55. The topological polar surface area (TPSA) is 55.6 Å². The number of nitrogens with zero attached hydrogens (tertiary/aromatic N) is 1. The average molecular weight is 234 g/mol. The Morgan fingerprint density at radius 1 is 1.47 bits per heavy atom. The number of esters is 1. The van der Waals surface area contributed by atoms with Crippen molar-refractivity contribution in [2.45, 2.75) is 25.9 Å². The van der Waals surface area contributed by atoms with Crippen LogP contribution in [-0.4, -0.2) is 30.6 Å². The zero-order valence-corrected chi connectivity index (χ0v) is 10.3. The van der Waals surface area contributed by atoms with Crippen molar-refractivity contribution in [1.82, 2.24) is 4.90 Å². The lowest BCUT2D eigenvalue weighted by atomic mass is 9.98. The summed E-state index contributed by atoms with van der Waals surface area (Å²) in [4.78, 5) is 13.6. The first-order valence-corrected chi connectivity index (χ1v) is 5.81. The van der Waals surface area contributed by atoms with Gasteiger partial charge in [0.25, 0.3) is 0 Å². The summed E-state index contributed by atoms with van der Waals surface area (Å²) in [6.45, 7) is 3.53. The lowest BCUT2D eigenvalue weighted by molar-refractivity contribution is -0.146. The van der Waals surface area contributed by atoms with Crippen LogP contribution in [0.25, 0.3) is 0 Å². The van der Waals surface area contributed by atoms with Crippen molar-refractivity contribution in [2.24, 2.45) is 0 Å². The highest BCUT2D eigenvalue weighted by molar-refractivity contribution is 5.75. The highest BCUT2D eigenvalue weighted by atomic mass is 16.5. The third kappa shape index (κ3) is 2.42. The number of anilines is 1. The molecule has 0 fully saturated rings. The number of ether oxygens (including phenoxy) is 1. The monoisotopic (exact) mass is 234 g/mol. The van der Waals surface area contributed by atoms with Crippen molar-refractivity contribution in [1.29, 1.82) is 0 Å². The minimum absolute atomic E-state index is 0.177. The molecule has 0 aliphatic carbocycles. The van der Waals surface area contributed by atoms with E-state index in [0.717, 1.165) is 25.2 Å². The van der Waals surface area contributed by atoms with Crippen molar-refractivity contribution < 1.29 is 9.53 Å². The van der Waals surface area contributed by atoms with Gasteiger partial charge in [0.1, 0.15) is 6.04 Å². The molecule has 0 bridgehead atoms. The Bertz CT molecular complexity index is 431. The molecule has 0 saturated heterocycles. The van der Waals surface area contributed by atoms with E-state index in [9.17, 15) is 4.79 Å². The van der Waals surface area contributed by atoms with Crippen LogP contribution in [0.15, 0.2) is 18.2 Å². The molecule has 0 amide bonds. The molecule has 0 spiro atoms. The van der Waals surface area contributed by atoms with Crippen molar-refractivity contribution in [3.63, 3.8) is 0 Å². The summed E-state index contributed by atoms with van der Waals surface area (Å²) >= 11 is 0. The number of carbonyl (C=O) groups excluding carboxylic acids is 1. The minimum Gasteiger partial charge on any atom is -0.468 e. The molecule has 0 radical (unpaired) electrons. The van der Waals surface area contributed by atoms with Crippen LogP contribution in [-0.2, 0) is 22.5 Å². The van der Waals surface area contributed by atoms with Crippen LogP contribution < -0.4 is 5.73 Å². The van der Waals surface area contributed by atoms with E-state index >= 15 is 0 Å². The van der Waals surface area contributed by atoms with Crippen LogP contribution in [0.4, 0.5) is 5.69 Å². The summed E-state index contributed by atoms with van der Waals surface area (Å²) in [5, 5.41) is 0. The normalized spacial score (nSPS) is 17.3. The third-order valence-electron chi connectivity index (χ3n) is 3.36. The van der Waals surface area contributed by atoms with E-state index in [2.05, 4.69) is 4.90 Å². The largest absolute Gasteiger partial charge is 0.468 e. The van der Waals surface area contributed by atoms with Gasteiger partial charge in [0.2, 0.25) is 0 Å². The first-order valence-electron chi connectivity index (χ1n) is 5.81. The second kappa shape index (κ2) is 4.75. The maximum Gasteiger partial charge on any atom is 0.322 e. The van der Waals surface area contributed by atoms with Gasteiger partial charge in [-0.05, 0) is 36.6 Å². The van der Waals surface area contributed by atoms with E-state index in [0.29, 0.717) is 0 Å². The number of benzene rings is 1. The molecular formula is C13H18N2O2. The van der Waals surface area contributed by atoms with Gasteiger partial charge in [-0.3, -0.25) is 9.69 Å². The fraction of sp³-hybridized carbons (Fsp3) is 0.462. The summed E-state index contributed by atoms with van der Waals surface area (Å²) in [7, 11) is 1.43. The number of rotatable bonds is 2. The molecule has 2 N–H and O–H groups in total. The molecule has 2 rings (SSSR count). The summed E-state index contributed by atoms with van der Waals surface area (Å²) in [6, 6.07) is 5.78. The van der Waals surface area contributed by atoms with Crippen LogP contribution in [0.1, 0.15) is 18.1 Å². The number of hydrogen-bond acceptors (Lipinski definition) is 4. The molecule has 1 aromatic carbocycles. The lowest BCUT2D eigenvalue weighted by Gasteiger charge is -2.32. The molecular weight excluding hydrogens is 216 g/mol. The lowest BCUT2D eigenvalue weighted by Crippen LogP contribution is -2.42. The highest BCUT2D eigenvalue weighted by Crippen LogP contribution is 2.22. The predicted molar refractivity (Wildman–Crippen MR) is 66.4 cm³/mol. The van der Waals surface area contributed by atoms with Gasteiger partial charge in [0.15, 0.2) is 0 Å². The maximum absolute atomic E-state index is 11.5. The summed E-state index contributed by atoms with van der Waals surface area (Å²) in [5.41, 5.74) is 9.10. The third-order valence-corrected chi connectivity index (χ3v) is 3.36. The molecule has 1 aromatic rings. The number of nitrogens with two attached hydrogens (primary N) is 1. The molecule has 1 aliphatic rings. The Kier molecular flexibility index (Phi) is 3.33. The molecule has 1 unspecified atom stereocenters. The second-order valence-corrected chi connectivity index (χ2v) is 4.45. The van der Waals surface area contributed by atoms with Crippen LogP contribution in [0.3, 0.4) is 0 Å². The fourth-order valence-electron chi connectivity index (χ4n) is 2.24. The fourth-order valence-corrected chi connectivity index (χ4v) is 2.24. The van der Waals surface area contributed by atoms with Gasteiger partial charge in [-0.25, -0.2) is 0 Å². The van der Waals surface area contributed by atoms with Gasteiger partial charge in [-0.1, -0.05) is 6.07 Å². The molecule has 0 saturated carbocycles. The zero-order valence-electron chi connectivity index (χ0n) is 10.3. The quantitative estimate of drug-likeness (QED) is 0.617. The van der Waals surface area contributed by atoms with Gasteiger partial charge in [-0.15, -0.1) is 0 Å². The SMILES string of the molecule is COC(=O)C(C)N1CCc2cc(N)ccc2C1. The Labute approximate surface area is 101 Å². The Morgan fingerprint density at radius 2 is 2.24 bits per heavy atom. The second-order valence-electron chi connectivity index (χ2n) is 4.45. The molecule has 1 heterocycles.